The first-order valence-corrected chi connectivity index (χ1v) is 6.86. The third kappa shape index (κ3) is 3.76. The first-order valence-electron chi connectivity index (χ1n) is 5.69. The van der Waals surface area contributed by atoms with E-state index in [-0.39, 0.29) is 0 Å². The molecule has 16 heavy (non-hydrogen) atoms. The summed E-state index contributed by atoms with van der Waals surface area (Å²) < 4.78 is 1.04. The quantitative estimate of drug-likeness (QED) is 0.856. The molecule has 1 aromatic carbocycles. The standard InChI is InChI=1S/C13H19BrClN/c1-4-10(9(2)16-3)7-11-5-6-12(14)8-13(11)15/h5-6,8-10,16H,4,7H2,1-3H3. The normalized spacial score (nSPS) is 14.8. The molecule has 1 nitrogen and oxygen atoms in total. The van der Waals surface area contributed by atoms with E-state index in [4.69, 9.17) is 11.6 Å². The second kappa shape index (κ2) is 6.63. The highest BCUT2D eigenvalue weighted by molar-refractivity contribution is 9.10. The summed E-state index contributed by atoms with van der Waals surface area (Å²) in [5.41, 5.74) is 1.24. The van der Waals surface area contributed by atoms with Crippen molar-refractivity contribution in [2.45, 2.75) is 32.7 Å². The maximum Gasteiger partial charge on any atom is 0.0449 e. The van der Waals surface area contributed by atoms with Gasteiger partial charge in [0.2, 0.25) is 0 Å². The minimum absolute atomic E-state index is 0.518. The molecule has 0 saturated carbocycles. The van der Waals surface area contributed by atoms with Gasteiger partial charge in [0, 0.05) is 15.5 Å². The predicted octanol–water partition coefficient (Wildman–Crippen LogP) is 4.28. The molecule has 2 atom stereocenters. The molecule has 0 heterocycles. The van der Waals surface area contributed by atoms with Crippen molar-refractivity contribution in [2.75, 3.05) is 7.05 Å². The molecule has 1 N–H and O–H groups in total. The predicted molar refractivity (Wildman–Crippen MR) is 75.2 cm³/mol. The van der Waals surface area contributed by atoms with Gasteiger partial charge in [-0.05, 0) is 44.0 Å². The lowest BCUT2D eigenvalue weighted by molar-refractivity contribution is 0.381. The van der Waals surface area contributed by atoms with Gasteiger partial charge in [0.15, 0.2) is 0 Å². The van der Waals surface area contributed by atoms with Gasteiger partial charge in [-0.25, -0.2) is 0 Å². The maximum absolute atomic E-state index is 6.23. The molecule has 0 aliphatic heterocycles. The molecule has 0 spiro atoms. The van der Waals surface area contributed by atoms with Gasteiger partial charge < -0.3 is 5.32 Å². The van der Waals surface area contributed by atoms with E-state index >= 15 is 0 Å². The lowest BCUT2D eigenvalue weighted by Gasteiger charge is -2.22. The van der Waals surface area contributed by atoms with Crippen LogP contribution in [-0.2, 0) is 6.42 Å². The largest absolute Gasteiger partial charge is 0.317 e. The molecule has 0 bridgehead atoms. The van der Waals surface area contributed by atoms with Crippen LogP contribution in [0.15, 0.2) is 22.7 Å². The molecule has 0 aliphatic carbocycles. The molecule has 1 aromatic rings. The lowest BCUT2D eigenvalue weighted by atomic mass is 9.91. The number of benzene rings is 1. The highest BCUT2D eigenvalue weighted by Gasteiger charge is 2.15. The van der Waals surface area contributed by atoms with Crippen LogP contribution in [0.25, 0.3) is 0 Å². The molecule has 0 fully saturated rings. The Labute approximate surface area is 112 Å². The minimum atomic E-state index is 0.518. The van der Waals surface area contributed by atoms with E-state index in [2.05, 4.69) is 47.2 Å². The van der Waals surface area contributed by atoms with Gasteiger partial charge in [-0.1, -0.05) is 46.9 Å². The second-order valence-electron chi connectivity index (χ2n) is 4.19. The van der Waals surface area contributed by atoms with Gasteiger partial charge >= 0.3 is 0 Å². The molecule has 90 valence electrons. The smallest absolute Gasteiger partial charge is 0.0449 e. The fourth-order valence-corrected chi connectivity index (χ4v) is 2.63. The number of nitrogens with one attached hydrogen (secondary N) is 1. The third-order valence-corrected chi connectivity index (χ3v) is 4.03. The summed E-state index contributed by atoms with van der Waals surface area (Å²) in [4.78, 5) is 0. The van der Waals surface area contributed by atoms with Crippen molar-refractivity contribution in [3.63, 3.8) is 0 Å². The molecular weight excluding hydrogens is 286 g/mol. The summed E-state index contributed by atoms with van der Waals surface area (Å²) in [6.45, 7) is 4.45. The van der Waals surface area contributed by atoms with Crippen molar-refractivity contribution >= 4 is 27.5 Å². The highest BCUT2D eigenvalue weighted by Crippen LogP contribution is 2.25. The van der Waals surface area contributed by atoms with Gasteiger partial charge in [-0.2, -0.15) is 0 Å². The zero-order valence-corrected chi connectivity index (χ0v) is 12.4. The summed E-state index contributed by atoms with van der Waals surface area (Å²) >= 11 is 9.65. The van der Waals surface area contributed by atoms with Crippen LogP contribution in [0.2, 0.25) is 5.02 Å². The van der Waals surface area contributed by atoms with Crippen LogP contribution in [0.1, 0.15) is 25.8 Å². The SMILES string of the molecule is CCC(Cc1ccc(Br)cc1Cl)C(C)NC. The first-order chi connectivity index (χ1) is 7.58. The van der Waals surface area contributed by atoms with E-state index in [1.54, 1.807) is 0 Å². The van der Waals surface area contributed by atoms with Crippen LogP contribution in [0.3, 0.4) is 0 Å². The number of hydrogen-bond acceptors (Lipinski definition) is 1. The number of hydrogen-bond donors (Lipinski definition) is 1. The second-order valence-corrected chi connectivity index (χ2v) is 5.51. The molecule has 0 saturated heterocycles. The van der Waals surface area contributed by atoms with Crippen LogP contribution in [-0.4, -0.2) is 13.1 Å². The molecule has 0 aromatic heterocycles. The fourth-order valence-electron chi connectivity index (χ4n) is 1.88. The van der Waals surface area contributed by atoms with Crippen LogP contribution >= 0.6 is 27.5 Å². The van der Waals surface area contributed by atoms with Crippen LogP contribution in [0.4, 0.5) is 0 Å². The van der Waals surface area contributed by atoms with E-state index in [1.165, 1.54) is 5.56 Å². The van der Waals surface area contributed by atoms with Crippen molar-refractivity contribution in [3.05, 3.63) is 33.3 Å². The highest BCUT2D eigenvalue weighted by atomic mass is 79.9. The first kappa shape index (κ1) is 14.0. The van der Waals surface area contributed by atoms with Crippen molar-refractivity contribution in [3.8, 4) is 0 Å². The topological polar surface area (TPSA) is 12.0 Å². The Morgan fingerprint density at radius 3 is 2.62 bits per heavy atom. The van der Waals surface area contributed by atoms with Gasteiger partial charge in [-0.3, -0.25) is 0 Å². The Kier molecular flexibility index (Phi) is 5.81. The van der Waals surface area contributed by atoms with Crippen molar-refractivity contribution < 1.29 is 0 Å². The number of halogens is 2. The van der Waals surface area contributed by atoms with Crippen molar-refractivity contribution in [1.29, 1.82) is 0 Å². The van der Waals surface area contributed by atoms with Crippen LogP contribution < -0.4 is 5.32 Å². The lowest BCUT2D eigenvalue weighted by Crippen LogP contribution is -2.31. The Morgan fingerprint density at radius 2 is 2.12 bits per heavy atom. The minimum Gasteiger partial charge on any atom is -0.317 e. The average molecular weight is 305 g/mol. The Morgan fingerprint density at radius 1 is 1.44 bits per heavy atom. The summed E-state index contributed by atoms with van der Waals surface area (Å²) in [7, 11) is 2.01. The van der Waals surface area contributed by atoms with Gasteiger partial charge in [0.25, 0.3) is 0 Å². The van der Waals surface area contributed by atoms with E-state index < -0.39 is 0 Å². The molecular formula is C13H19BrClN. The summed E-state index contributed by atoms with van der Waals surface area (Å²) in [6, 6.07) is 6.65. The average Bonchev–Trinajstić information content (AvgIpc) is 2.27. The Hall–Kier alpha value is -0.0500. The molecule has 2 unspecified atom stereocenters. The zero-order valence-electron chi connectivity index (χ0n) is 10.1. The Balaban J connectivity index is 2.78. The third-order valence-electron chi connectivity index (χ3n) is 3.18. The van der Waals surface area contributed by atoms with E-state index in [9.17, 15) is 0 Å². The summed E-state index contributed by atoms with van der Waals surface area (Å²) in [5, 5.41) is 4.17. The van der Waals surface area contributed by atoms with Gasteiger partial charge in [0.05, 0.1) is 0 Å². The molecule has 3 heteroatoms. The van der Waals surface area contributed by atoms with Gasteiger partial charge in [-0.15, -0.1) is 0 Å². The Bertz CT molecular complexity index is 341. The number of rotatable bonds is 5. The maximum atomic E-state index is 6.23. The van der Waals surface area contributed by atoms with Crippen LogP contribution in [0.5, 0.6) is 0 Å². The molecule has 1 rings (SSSR count). The molecule has 0 amide bonds. The van der Waals surface area contributed by atoms with Gasteiger partial charge in [0.1, 0.15) is 0 Å². The van der Waals surface area contributed by atoms with Crippen molar-refractivity contribution in [1.82, 2.24) is 5.32 Å². The monoisotopic (exact) mass is 303 g/mol. The van der Waals surface area contributed by atoms with E-state index in [1.807, 2.05) is 13.1 Å². The summed E-state index contributed by atoms with van der Waals surface area (Å²) in [6.07, 6.45) is 2.19. The van der Waals surface area contributed by atoms with E-state index in [0.29, 0.717) is 12.0 Å². The molecule has 0 aliphatic rings. The molecule has 0 radical (unpaired) electrons. The van der Waals surface area contributed by atoms with Crippen molar-refractivity contribution in [2.24, 2.45) is 5.92 Å². The zero-order chi connectivity index (χ0) is 12.1. The van der Waals surface area contributed by atoms with E-state index in [0.717, 1.165) is 22.3 Å². The van der Waals surface area contributed by atoms with Crippen LogP contribution in [0, 0.1) is 5.92 Å². The fraction of sp³-hybridized carbons (Fsp3) is 0.538. The summed E-state index contributed by atoms with van der Waals surface area (Å²) in [5.74, 6) is 0.628.